The van der Waals surface area contributed by atoms with Crippen molar-refractivity contribution in [2.24, 2.45) is 0 Å². The molecule has 23 heavy (non-hydrogen) atoms. The van der Waals surface area contributed by atoms with Gasteiger partial charge in [0.25, 0.3) is 0 Å². The van der Waals surface area contributed by atoms with Crippen LogP contribution >= 0.6 is 23.1 Å². The van der Waals surface area contributed by atoms with Crippen LogP contribution < -0.4 is 0 Å². The molecule has 2 fully saturated rings. The first kappa shape index (κ1) is 15.7. The molecule has 0 radical (unpaired) electrons. The van der Waals surface area contributed by atoms with Crippen molar-refractivity contribution in [3.8, 4) is 10.7 Å². The molecule has 0 bridgehead atoms. The Morgan fingerprint density at radius 1 is 1.26 bits per heavy atom. The van der Waals surface area contributed by atoms with E-state index in [2.05, 4.69) is 44.2 Å². The van der Waals surface area contributed by atoms with Crippen LogP contribution in [0, 0.1) is 0 Å². The second-order valence-corrected chi connectivity index (χ2v) is 8.66. The van der Waals surface area contributed by atoms with Crippen LogP contribution in [0.2, 0.25) is 0 Å². The van der Waals surface area contributed by atoms with Gasteiger partial charge in [0.2, 0.25) is 0 Å². The number of piperidine rings is 1. The van der Waals surface area contributed by atoms with E-state index in [1.807, 2.05) is 11.8 Å². The van der Waals surface area contributed by atoms with E-state index in [1.165, 1.54) is 49.9 Å². The molecule has 0 spiro atoms. The fourth-order valence-corrected chi connectivity index (χ4v) is 5.16. The number of thioether (sulfide) groups is 1. The van der Waals surface area contributed by atoms with Gasteiger partial charge >= 0.3 is 0 Å². The van der Waals surface area contributed by atoms with E-state index in [1.54, 1.807) is 11.3 Å². The first-order chi connectivity index (χ1) is 11.3. The number of hydrogen-bond donors (Lipinski definition) is 0. The number of nitrogens with zero attached hydrogens (tertiary/aromatic N) is 4. The van der Waals surface area contributed by atoms with E-state index in [-0.39, 0.29) is 0 Å². The molecule has 6 heteroatoms. The summed E-state index contributed by atoms with van der Waals surface area (Å²) in [5.41, 5.74) is 0. The smallest absolute Gasteiger partial charge is 0.191 e. The van der Waals surface area contributed by atoms with Crippen molar-refractivity contribution in [2.75, 3.05) is 19.3 Å². The van der Waals surface area contributed by atoms with Crippen LogP contribution in [0.1, 0.15) is 44.6 Å². The van der Waals surface area contributed by atoms with Crippen molar-refractivity contribution in [3.63, 3.8) is 0 Å². The fraction of sp³-hybridized carbons (Fsp3) is 0.647. The van der Waals surface area contributed by atoms with Crippen molar-refractivity contribution in [1.29, 1.82) is 0 Å². The Balaban J connectivity index is 1.43. The van der Waals surface area contributed by atoms with Crippen molar-refractivity contribution in [2.45, 2.75) is 55.8 Å². The Kier molecular flexibility index (Phi) is 4.73. The Morgan fingerprint density at radius 2 is 2.17 bits per heavy atom. The lowest BCUT2D eigenvalue weighted by molar-refractivity contribution is 0.182. The molecule has 4 rings (SSSR count). The monoisotopic (exact) mass is 348 g/mol. The minimum Gasteiger partial charge on any atom is -0.303 e. The van der Waals surface area contributed by atoms with Gasteiger partial charge in [-0.15, -0.1) is 21.5 Å². The standard InChI is InChI=1S/C17H24N4S2/c1-20-10-3-2-5-13(20)9-12-23-17-19-18-16(15-6-4-11-22-15)21(17)14-7-8-14/h4,6,11,13-14H,2-3,5,7-10,12H2,1H3. The van der Waals surface area contributed by atoms with E-state index in [0.717, 1.165) is 22.8 Å². The van der Waals surface area contributed by atoms with Gasteiger partial charge in [-0.1, -0.05) is 24.2 Å². The summed E-state index contributed by atoms with van der Waals surface area (Å²) in [6.07, 6.45) is 7.91. The lowest BCUT2D eigenvalue weighted by Crippen LogP contribution is -2.36. The maximum Gasteiger partial charge on any atom is 0.191 e. The van der Waals surface area contributed by atoms with Gasteiger partial charge in [-0.3, -0.25) is 4.57 Å². The van der Waals surface area contributed by atoms with Crippen LogP contribution in [0.15, 0.2) is 22.7 Å². The third-order valence-corrected chi connectivity index (χ3v) is 6.76. The number of aromatic nitrogens is 3. The van der Waals surface area contributed by atoms with Crippen LogP contribution in [-0.2, 0) is 0 Å². The maximum absolute atomic E-state index is 4.50. The van der Waals surface area contributed by atoms with Crippen LogP contribution in [0.5, 0.6) is 0 Å². The van der Waals surface area contributed by atoms with Crippen LogP contribution in [0.4, 0.5) is 0 Å². The van der Waals surface area contributed by atoms with E-state index in [0.29, 0.717) is 6.04 Å². The molecule has 1 aliphatic heterocycles. The van der Waals surface area contributed by atoms with Crippen molar-refractivity contribution >= 4 is 23.1 Å². The lowest BCUT2D eigenvalue weighted by Gasteiger charge is -2.32. The average Bonchev–Trinajstić information content (AvgIpc) is 3.09. The largest absolute Gasteiger partial charge is 0.303 e. The van der Waals surface area contributed by atoms with Crippen molar-refractivity contribution in [1.82, 2.24) is 19.7 Å². The molecule has 0 aromatic carbocycles. The maximum atomic E-state index is 4.50. The Bertz CT molecular complexity index is 633. The van der Waals surface area contributed by atoms with Gasteiger partial charge in [0, 0.05) is 17.8 Å². The molecule has 124 valence electrons. The summed E-state index contributed by atoms with van der Waals surface area (Å²) in [5, 5.41) is 12.2. The third kappa shape index (κ3) is 3.49. The normalized spacial score (nSPS) is 22.6. The molecule has 2 aromatic rings. The lowest BCUT2D eigenvalue weighted by atomic mass is 10.0. The second kappa shape index (κ2) is 6.95. The van der Waals surface area contributed by atoms with Gasteiger partial charge in [0.05, 0.1) is 4.88 Å². The van der Waals surface area contributed by atoms with Gasteiger partial charge in [0.1, 0.15) is 0 Å². The van der Waals surface area contributed by atoms with Gasteiger partial charge in [-0.25, -0.2) is 0 Å². The van der Waals surface area contributed by atoms with Crippen LogP contribution in [0.25, 0.3) is 10.7 Å². The molecule has 0 amide bonds. The van der Waals surface area contributed by atoms with E-state index >= 15 is 0 Å². The summed E-state index contributed by atoms with van der Waals surface area (Å²) in [4.78, 5) is 3.77. The first-order valence-corrected chi connectivity index (χ1v) is 10.5. The SMILES string of the molecule is CN1CCCCC1CCSc1nnc(-c2cccs2)n1C1CC1. The zero-order valence-corrected chi connectivity index (χ0v) is 15.3. The summed E-state index contributed by atoms with van der Waals surface area (Å²) in [7, 11) is 2.27. The van der Waals surface area contributed by atoms with E-state index < -0.39 is 0 Å². The second-order valence-electron chi connectivity index (χ2n) is 6.65. The highest BCUT2D eigenvalue weighted by Crippen LogP contribution is 2.41. The van der Waals surface area contributed by atoms with Gasteiger partial charge in [-0.05, 0) is 57.1 Å². The van der Waals surface area contributed by atoms with E-state index in [4.69, 9.17) is 0 Å². The molecule has 1 aliphatic carbocycles. The van der Waals surface area contributed by atoms with Crippen LogP contribution in [-0.4, -0.2) is 45.1 Å². The summed E-state index contributed by atoms with van der Waals surface area (Å²) in [6, 6.07) is 5.63. The number of likely N-dealkylation sites (tertiary alicyclic amines) is 1. The molecule has 1 saturated carbocycles. The Hall–Kier alpha value is -0.850. The molecule has 1 unspecified atom stereocenters. The highest BCUT2D eigenvalue weighted by Gasteiger charge is 2.30. The zero-order valence-electron chi connectivity index (χ0n) is 13.6. The molecule has 1 atom stereocenters. The predicted molar refractivity (Wildman–Crippen MR) is 97.2 cm³/mol. The summed E-state index contributed by atoms with van der Waals surface area (Å²) < 4.78 is 2.39. The molecule has 4 nitrogen and oxygen atoms in total. The average molecular weight is 349 g/mol. The summed E-state index contributed by atoms with van der Waals surface area (Å²) >= 11 is 3.65. The molecule has 1 saturated heterocycles. The minimum atomic E-state index is 0.627. The number of rotatable bonds is 6. The highest BCUT2D eigenvalue weighted by molar-refractivity contribution is 7.99. The topological polar surface area (TPSA) is 34.0 Å². The van der Waals surface area contributed by atoms with E-state index in [9.17, 15) is 0 Å². The molecular weight excluding hydrogens is 324 g/mol. The fourth-order valence-electron chi connectivity index (χ4n) is 3.41. The third-order valence-electron chi connectivity index (χ3n) is 4.92. The Morgan fingerprint density at radius 3 is 2.91 bits per heavy atom. The first-order valence-electron chi connectivity index (χ1n) is 8.65. The van der Waals surface area contributed by atoms with Crippen molar-refractivity contribution < 1.29 is 0 Å². The van der Waals surface area contributed by atoms with Crippen molar-refractivity contribution in [3.05, 3.63) is 17.5 Å². The minimum absolute atomic E-state index is 0.627. The highest BCUT2D eigenvalue weighted by atomic mass is 32.2. The molecule has 2 aliphatic rings. The summed E-state index contributed by atoms with van der Waals surface area (Å²) in [6.45, 7) is 1.26. The molecule has 2 aromatic heterocycles. The molecule has 3 heterocycles. The summed E-state index contributed by atoms with van der Waals surface area (Å²) in [5.74, 6) is 2.21. The molecular formula is C17H24N4S2. The van der Waals surface area contributed by atoms with Gasteiger partial charge < -0.3 is 4.90 Å². The quantitative estimate of drug-likeness (QED) is 0.729. The molecule has 0 N–H and O–H groups in total. The number of thiophene rings is 1. The van der Waals surface area contributed by atoms with Crippen LogP contribution in [0.3, 0.4) is 0 Å². The van der Waals surface area contributed by atoms with Gasteiger partial charge in [-0.2, -0.15) is 0 Å². The predicted octanol–water partition coefficient (Wildman–Crippen LogP) is 4.31. The zero-order chi connectivity index (χ0) is 15.6. The van der Waals surface area contributed by atoms with Gasteiger partial charge in [0.15, 0.2) is 11.0 Å². The Labute approximate surface area is 146 Å². The number of hydrogen-bond acceptors (Lipinski definition) is 5.